The van der Waals surface area contributed by atoms with Gasteiger partial charge in [0.05, 0.1) is 12.9 Å². The Morgan fingerprint density at radius 1 is 0.966 bits per heavy atom. The Kier molecular flexibility index (Phi) is 7.84. The Hall–Kier alpha value is -2.80. The lowest BCUT2D eigenvalue weighted by Gasteiger charge is -2.17. The summed E-state index contributed by atoms with van der Waals surface area (Å²) in [5, 5.41) is 2.79. The molecular weight excluding hydrogens is 390 g/mol. The van der Waals surface area contributed by atoms with E-state index in [2.05, 4.69) is 5.32 Å². The summed E-state index contributed by atoms with van der Waals surface area (Å²) in [5.41, 5.74) is 0.510. The summed E-state index contributed by atoms with van der Waals surface area (Å²) < 4.78 is 10.1. The van der Waals surface area contributed by atoms with Crippen LogP contribution in [0.4, 0.5) is 5.69 Å². The highest BCUT2D eigenvalue weighted by atomic mass is 32.2. The van der Waals surface area contributed by atoms with Gasteiger partial charge in [-0.05, 0) is 48.5 Å². The van der Waals surface area contributed by atoms with Crippen molar-refractivity contribution in [2.24, 2.45) is 5.41 Å². The molecule has 2 aromatic carbocycles. The number of nitrogens with one attached hydrogen (secondary N) is 1. The van der Waals surface area contributed by atoms with Crippen molar-refractivity contribution in [1.29, 1.82) is 0 Å². The van der Waals surface area contributed by atoms with Crippen molar-refractivity contribution in [3.8, 4) is 5.75 Å². The number of ketones is 1. The normalized spacial score (nSPS) is 10.9. The zero-order valence-electron chi connectivity index (χ0n) is 17.0. The van der Waals surface area contributed by atoms with Gasteiger partial charge in [-0.25, -0.2) is 0 Å². The van der Waals surface area contributed by atoms with Crippen molar-refractivity contribution in [3.05, 3.63) is 54.1 Å². The van der Waals surface area contributed by atoms with Crippen LogP contribution in [0.1, 0.15) is 31.1 Å². The van der Waals surface area contributed by atoms with Gasteiger partial charge in [0.1, 0.15) is 5.75 Å². The average Bonchev–Trinajstić information content (AvgIpc) is 2.70. The molecule has 1 N–H and O–H groups in total. The van der Waals surface area contributed by atoms with E-state index in [0.29, 0.717) is 11.3 Å². The lowest BCUT2D eigenvalue weighted by Crippen LogP contribution is -2.27. The second-order valence-corrected chi connectivity index (χ2v) is 8.38. The molecule has 0 radical (unpaired) electrons. The Balaban J connectivity index is 1.79. The number of hydrogen-bond donors (Lipinski definition) is 1. The maximum Gasteiger partial charge on any atom is 0.316 e. The molecule has 7 heteroatoms. The van der Waals surface area contributed by atoms with Crippen LogP contribution in [0, 0.1) is 5.41 Å². The first-order valence-corrected chi connectivity index (χ1v) is 10.0. The van der Waals surface area contributed by atoms with E-state index in [0.717, 1.165) is 10.6 Å². The number of anilines is 1. The zero-order valence-corrected chi connectivity index (χ0v) is 17.8. The molecule has 0 saturated carbocycles. The predicted molar refractivity (Wildman–Crippen MR) is 114 cm³/mol. The number of carbonyl (C=O) groups excluding carboxylic acids is 3. The molecule has 0 aliphatic rings. The molecule has 0 atom stereocenters. The minimum absolute atomic E-state index is 0.109. The highest BCUT2D eigenvalue weighted by molar-refractivity contribution is 8.00. The second kappa shape index (κ2) is 10.1. The Labute approximate surface area is 175 Å². The number of Topliss-reactive ketones (excluding diaryl/α,β-unsaturated/α-hetero) is 1. The molecule has 0 aliphatic heterocycles. The van der Waals surface area contributed by atoms with E-state index in [1.54, 1.807) is 31.4 Å². The maximum atomic E-state index is 12.2. The molecule has 0 unspecified atom stereocenters. The topological polar surface area (TPSA) is 81.7 Å². The van der Waals surface area contributed by atoms with E-state index >= 15 is 0 Å². The number of esters is 1. The van der Waals surface area contributed by atoms with Crippen LogP contribution in [0.25, 0.3) is 0 Å². The van der Waals surface area contributed by atoms with Crippen molar-refractivity contribution in [2.75, 3.05) is 24.8 Å². The van der Waals surface area contributed by atoms with Gasteiger partial charge in [-0.15, -0.1) is 11.8 Å². The lowest BCUT2D eigenvalue weighted by molar-refractivity contribution is -0.139. The summed E-state index contributed by atoms with van der Waals surface area (Å²) in [6.07, 6.45) is 0. The molecule has 29 heavy (non-hydrogen) atoms. The van der Waals surface area contributed by atoms with Crippen LogP contribution in [-0.4, -0.2) is 37.1 Å². The molecule has 0 heterocycles. The number of benzene rings is 2. The van der Waals surface area contributed by atoms with Crippen LogP contribution in [0.15, 0.2) is 53.4 Å². The standard InChI is InChI=1S/C22H25NO5S/c1-22(2,3)21(26)23-16-7-5-15(6-8-16)19(24)13-28-20(25)14-29-18-11-9-17(27-4)10-12-18/h5-12H,13-14H2,1-4H3,(H,23,26). The number of carbonyl (C=O) groups is 3. The molecule has 0 spiro atoms. The summed E-state index contributed by atoms with van der Waals surface area (Å²) in [5.74, 6) is -0.0294. The van der Waals surface area contributed by atoms with Crippen molar-refractivity contribution >= 4 is 35.1 Å². The largest absolute Gasteiger partial charge is 0.497 e. The molecule has 1 amide bonds. The van der Waals surface area contributed by atoms with Gasteiger partial charge in [0.25, 0.3) is 0 Å². The molecule has 0 aliphatic carbocycles. The highest BCUT2D eigenvalue weighted by Gasteiger charge is 2.21. The smallest absolute Gasteiger partial charge is 0.316 e. The third-order valence-electron chi connectivity index (χ3n) is 3.93. The van der Waals surface area contributed by atoms with E-state index < -0.39 is 11.4 Å². The number of amides is 1. The summed E-state index contributed by atoms with van der Waals surface area (Å²) in [6.45, 7) is 5.14. The van der Waals surface area contributed by atoms with Crippen LogP contribution >= 0.6 is 11.8 Å². The average molecular weight is 416 g/mol. The number of rotatable bonds is 8. The van der Waals surface area contributed by atoms with E-state index in [1.165, 1.54) is 11.8 Å². The summed E-state index contributed by atoms with van der Waals surface area (Å²) in [4.78, 5) is 37.0. The number of methoxy groups -OCH3 is 1. The first kappa shape index (κ1) is 22.5. The van der Waals surface area contributed by atoms with Crippen molar-refractivity contribution < 1.29 is 23.9 Å². The minimum atomic E-state index is -0.507. The Morgan fingerprint density at radius 2 is 1.59 bits per heavy atom. The number of hydrogen-bond acceptors (Lipinski definition) is 6. The zero-order chi connectivity index (χ0) is 21.4. The van der Waals surface area contributed by atoms with E-state index in [1.807, 2.05) is 45.0 Å². The number of ether oxygens (including phenoxy) is 2. The molecule has 154 valence electrons. The van der Waals surface area contributed by atoms with Gasteiger partial charge >= 0.3 is 5.97 Å². The van der Waals surface area contributed by atoms with E-state index in [9.17, 15) is 14.4 Å². The van der Waals surface area contributed by atoms with Crippen LogP contribution < -0.4 is 10.1 Å². The van der Waals surface area contributed by atoms with Crippen molar-refractivity contribution in [3.63, 3.8) is 0 Å². The minimum Gasteiger partial charge on any atom is -0.497 e. The molecule has 2 aromatic rings. The van der Waals surface area contributed by atoms with Gasteiger partial charge in [0.15, 0.2) is 12.4 Å². The third-order valence-corrected chi connectivity index (χ3v) is 4.91. The molecule has 0 bridgehead atoms. The van der Waals surface area contributed by atoms with Crippen molar-refractivity contribution in [2.45, 2.75) is 25.7 Å². The quantitative estimate of drug-likeness (QED) is 0.395. The fourth-order valence-electron chi connectivity index (χ4n) is 2.14. The molecule has 0 fully saturated rings. The van der Waals surface area contributed by atoms with Crippen LogP contribution in [0.2, 0.25) is 0 Å². The summed E-state index contributed by atoms with van der Waals surface area (Å²) in [7, 11) is 1.59. The fourth-order valence-corrected chi connectivity index (χ4v) is 2.84. The van der Waals surface area contributed by atoms with Crippen LogP contribution in [0.5, 0.6) is 5.75 Å². The monoisotopic (exact) mass is 415 g/mol. The summed E-state index contributed by atoms with van der Waals surface area (Å²) >= 11 is 1.32. The fraction of sp³-hybridized carbons (Fsp3) is 0.318. The van der Waals surface area contributed by atoms with Gasteiger partial charge in [-0.3, -0.25) is 14.4 Å². The van der Waals surface area contributed by atoms with Gasteiger partial charge in [-0.2, -0.15) is 0 Å². The lowest BCUT2D eigenvalue weighted by atomic mass is 9.95. The molecule has 0 aromatic heterocycles. The second-order valence-electron chi connectivity index (χ2n) is 7.33. The first-order chi connectivity index (χ1) is 13.7. The molecule has 2 rings (SSSR count). The molecular formula is C22H25NO5S. The Morgan fingerprint density at radius 3 is 2.14 bits per heavy atom. The van der Waals surface area contributed by atoms with Gasteiger partial charge in [0.2, 0.25) is 5.91 Å². The molecule has 0 saturated heterocycles. The van der Waals surface area contributed by atoms with Gasteiger partial charge in [-0.1, -0.05) is 20.8 Å². The van der Waals surface area contributed by atoms with Crippen LogP contribution in [0.3, 0.4) is 0 Å². The maximum absolute atomic E-state index is 12.2. The summed E-state index contributed by atoms with van der Waals surface area (Å²) in [6, 6.07) is 13.8. The highest BCUT2D eigenvalue weighted by Crippen LogP contribution is 2.21. The SMILES string of the molecule is COc1ccc(SCC(=O)OCC(=O)c2ccc(NC(=O)C(C)(C)C)cc2)cc1. The predicted octanol–water partition coefficient (Wildman–Crippen LogP) is 4.20. The first-order valence-electron chi connectivity index (χ1n) is 9.06. The van der Waals surface area contributed by atoms with Gasteiger partial charge in [0, 0.05) is 21.6 Å². The van der Waals surface area contributed by atoms with Crippen LogP contribution in [-0.2, 0) is 14.3 Å². The van der Waals surface area contributed by atoms with E-state index in [-0.39, 0.29) is 24.1 Å². The van der Waals surface area contributed by atoms with Gasteiger partial charge < -0.3 is 14.8 Å². The number of thioether (sulfide) groups is 1. The van der Waals surface area contributed by atoms with E-state index in [4.69, 9.17) is 9.47 Å². The van der Waals surface area contributed by atoms with Crippen molar-refractivity contribution in [1.82, 2.24) is 0 Å². The third kappa shape index (κ3) is 7.27. The Bertz CT molecular complexity index is 854. The molecule has 6 nitrogen and oxygen atoms in total.